The number of aliphatic carboxylic acids is 1. The number of urea groups is 1. The van der Waals surface area contributed by atoms with Crippen LogP contribution in [0, 0.1) is 5.41 Å². The van der Waals surface area contributed by atoms with Gasteiger partial charge in [-0.15, -0.1) is 0 Å². The highest BCUT2D eigenvalue weighted by atomic mass is 16.4. The van der Waals surface area contributed by atoms with E-state index in [-0.39, 0.29) is 12.6 Å². The molecule has 1 aliphatic rings. The van der Waals surface area contributed by atoms with Crippen LogP contribution < -0.4 is 5.32 Å². The molecule has 1 saturated carbocycles. The second-order valence-electron chi connectivity index (χ2n) is 4.91. The van der Waals surface area contributed by atoms with E-state index in [0.717, 1.165) is 12.0 Å². The molecule has 96 valence electrons. The summed E-state index contributed by atoms with van der Waals surface area (Å²) in [6.07, 6.45) is 2.21. The van der Waals surface area contributed by atoms with Gasteiger partial charge in [-0.3, -0.25) is 4.79 Å². The summed E-state index contributed by atoms with van der Waals surface area (Å²) in [4.78, 5) is 24.2. The smallest absolute Gasteiger partial charge is 0.317 e. The Morgan fingerprint density at radius 3 is 2.41 bits per heavy atom. The molecule has 1 rings (SSSR count). The molecule has 0 aromatic rings. The fourth-order valence-corrected chi connectivity index (χ4v) is 1.93. The van der Waals surface area contributed by atoms with Crippen LogP contribution in [0.5, 0.6) is 0 Å². The molecule has 1 aliphatic carbocycles. The minimum Gasteiger partial charge on any atom is -0.481 e. The van der Waals surface area contributed by atoms with Gasteiger partial charge in [-0.1, -0.05) is 18.6 Å². The number of nitrogens with one attached hydrogen (secondary N) is 1. The number of rotatable bonds is 5. The van der Waals surface area contributed by atoms with Crippen LogP contribution >= 0.6 is 0 Å². The molecule has 0 bridgehead atoms. The van der Waals surface area contributed by atoms with Crippen molar-refractivity contribution >= 4 is 12.0 Å². The third kappa shape index (κ3) is 3.22. The van der Waals surface area contributed by atoms with E-state index in [9.17, 15) is 9.59 Å². The lowest BCUT2D eigenvalue weighted by Crippen LogP contribution is -2.50. The highest BCUT2D eigenvalue weighted by molar-refractivity contribution is 5.78. The summed E-state index contributed by atoms with van der Waals surface area (Å²) in [5.74, 6) is -0.813. The largest absolute Gasteiger partial charge is 0.481 e. The molecule has 1 fully saturated rings. The molecule has 5 nitrogen and oxygen atoms in total. The summed E-state index contributed by atoms with van der Waals surface area (Å²) in [5, 5.41) is 11.8. The molecule has 0 aromatic heterocycles. The van der Waals surface area contributed by atoms with Gasteiger partial charge in [0, 0.05) is 20.1 Å². The molecule has 5 heteroatoms. The first-order valence-corrected chi connectivity index (χ1v) is 5.74. The van der Waals surface area contributed by atoms with E-state index < -0.39 is 11.4 Å². The van der Waals surface area contributed by atoms with Gasteiger partial charge in [0.25, 0.3) is 0 Å². The molecular weight excluding hydrogens is 220 g/mol. The lowest BCUT2D eigenvalue weighted by molar-refractivity contribution is -0.153. The number of hydrogen-bond acceptors (Lipinski definition) is 2. The molecule has 0 unspecified atom stereocenters. The van der Waals surface area contributed by atoms with Gasteiger partial charge in [-0.05, 0) is 19.8 Å². The molecule has 0 saturated heterocycles. The van der Waals surface area contributed by atoms with Crippen molar-refractivity contribution in [2.24, 2.45) is 5.41 Å². The number of likely N-dealkylation sites (N-methyl/N-ethyl adjacent to an activating group) is 1. The van der Waals surface area contributed by atoms with Crippen LogP contribution in [0.3, 0.4) is 0 Å². The number of carboxylic acids is 1. The lowest BCUT2D eigenvalue weighted by Gasteiger charge is -2.37. The topological polar surface area (TPSA) is 69.6 Å². The maximum absolute atomic E-state index is 11.7. The van der Waals surface area contributed by atoms with Crippen molar-refractivity contribution in [2.45, 2.75) is 26.2 Å². The summed E-state index contributed by atoms with van der Waals surface area (Å²) >= 11 is 0. The Bertz CT molecular complexity index is 335. The molecule has 0 aromatic carbocycles. The van der Waals surface area contributed by atoms with Crippen molar-refractivity contribution < 1.29 is 14.7 Å². The first kappa shape index (κ1) is 13.5. The highest BCUT2D eigenvalue weighted by Crippen LogP contribution is 2.40. The maximum atomic E-state index is 11.7. The van der Waals surface area contributed by atoms with Gasteiger partial charge in [0.15, 0.2) is 0 Å². The minimum absolute atomic E-state index is 0.210. The Morgan fingerprint density at radius 2 is 2.06 bits per heavy atom. The van der Waals surface area contributed by atoms with E-state index in [1.165, 1.54) is 4.90 Å². The van der Waals surface area contributed by atoms with Crippen LogP contribution in [0.1, 0.15) is 26.2 Å². The Morgan fingerprint density at radius 1 is 1.47 bits per heavy atom. The fourth-order valence-electron chi connectivity index (χ4n) is 1.93. The summed E-state index contributed by atoms with van der Waals surface area (Å²) in [7, 11) is 1.66. The number of amides is 2. The van der Waals surface area contributed by atoms with Crippen molar-refractivity contribution in [1.29, 1.82) is 0 Å². The van der Waals surface area contributed by atoms with E-state index in [0.29, 0.717) is 19.4 Å². The van der Waals surface area contributed by atoms with Gasteiger partial charge in [0.05, 0.1) is 5.41 Å². The normalized spacial score (nSPS) is 16.8. The van der Waals surface area contributed by atoms with Gasteiger partial charge in [-0.25, -0.2) is 4.79 Å². The van der Waals surface area contributed by atoms with Crippen LogP contribution in [0.25, 0.3) is 0 Å². The Kier molecular flexibility index (Phi) is 4.15. The maximum Gasteiger partial charge on any atom is 0.317 e. The molecule has 0 heterocycles. The molecule has 0 radical (unpaired) electrons. The average Bonchev–Trinajstić information content (AvgIpc) is 2.13. The second kappa shape index (κ2) is 5.21. The predicted molar refractivity (Wildman–Crippen MR) is 64.8 cm³/mol. The van der Waals surface area contributed by atoms with Crippen LogP contribution in [-0.2, 0) is 4.79 Å². The molecule has 0 aliphatic heterocycles. The van der Waals surface area contributed by atoms with Crippen molar-refractivity contribution in [3.8, 4) is 0 Å². The van der Waals surface area contributed by atoms with E-state index in [4.69, 9.17) is 5.11 Å². The van der Waals surface area contributed by atoms with E-state index in [2.05, 4.69) is 11.9 Å². The van der Waals surface area contributed by atoms with Crippen molar-refractivity contribution in [2.75, 3.05) is 20.1 Å². The van der Waals surface area contributed by atoms with Crippen LogP contribution in [-0.4, -0.2) is 42.1 Å². The monoisotopic (exact) mass is 240 g/mol. The first-order chi connectivity index (χ1) is 7.87. The molecule has 17 heavy (non-hydrogen) atoms. The van der Waals surface area contributed by atoms with Gasteiger partial charge < -0.3 is 15.3 Å². The number of nitrogens with zero attached hydrogens (tertiary/aromatic N) is 1. The SMILES string of the molecule is C=C(C)CN(C)C(=O)NCC1(C(=O)O)CCC1. The number of carboxylic acid groups (broad SMARTS) is 1. The number of hydrogen-bond donors (Lipinski definition) is 2. The summed E-state index contributed by atoms with van der Waals surface area (Å²) in [6, 6.07) is -0.250. The van der Waals surface area contributed by atoms with Crippen molar-refractivity contribution in [1.82, 2.24) is 10.2 Å². The predicted octanol–water partition coefficient (Wildman–Crippen LogP) is 1.46. The summed E-state index contributed by atoms with van der Waals surface area (Å²) < 4.78 is 0. The zero-order chi connectivity index (χ0) is 13.1. The van der Waals surface area contributed by atoms with Crippen molar-refractivity contribution in [3.63, 3.8) is 0 Å². The van der Waals surface area contributed by atoms with Crippen LogP contribution in [0.2, 0.25) is 0 Å². The van der Waals surface area contributed by atoms with Gasteiger partial charge in [0.2, 0.25) is 0 Å². The van der Waals surface area contributed by atoms with Crippen molar-refractivity contribution in [3.05, 3.63) is 12.2 Å². The third-order valence-corrected chi connectivity index (χ3v) is 3.20. The van der Waals surface area contributed by atoms with Crippen LogP contribution in [0.15, 0.2) is 12.2 Å². The lowest BCUT2D eigenvalue weighted by atomic mass is 9.69. The van der Waals surface area contributed by atoms with Gasteiger partial charge in [0.1, 0.15) is 0 Å². The molecular formula is C12H20N2O3. The van der Waals surface area contributed by atoms with E-state index in [1.807, 2.05) is 6.92 Å². The Labute approximate surface area is 101 Å². The van der Waals surface area contributed by atoms with Gasteiger partial charge >= 0.3 is 12.0 Å². The van der Waals surface area contributed by atoms with Gasteiger partial charge in [-0.2, -0.15) is 0 Å². The zero-order valence-corrected chi connectivity index (χ0v) is 10.5. The minimum atomic E-state index is -0.813. The molecule has 0 spiro atoms. The third-order valence-electron chi connectivity index (χ3n) is 3.20. The number of carbonyl (C=O) groups is 2. The molecule has 2 N–H and O–H groups in total. The summed E-state index contributed by atoms with van der Waals surface area (Å²) in [5.41, 5.74) is 0.152. The highest BCUT2D eigenvalue weighted by Gasteiger charge is 2.44. The molecule has 0 atom stereocenters. The first-order valence-electron chi connectivity index (χ1n) is 5.74. The quantitative estimate of drug-likeness (QED) is 0.715. The van der Waals surface area contributed by atoms with E-state index >= 15 is 0 Å². The zero-order valence-electron chi connectivity index (χ0n) is 10.5. The average molecular weight is 240 g/mol. The summed E-state index contributed by atoms with van der Waals surface area (Å²) in [6.45, 7) is 6.26. The number of carbonyl (C=O) groups excluding carboxylic acids is 1. The Hall–Kier alpha value is -1.52. The van der Waals surface area contributed by atoms with Crippen LogP contribution in [0.4, 0.5) is 4.79 Å². The van der Waals surface area contributed by atoms with E-state index in [1.54, 1.807) is 7.05 Å². The second-order valence-corrected chi connectivity index (χ2v) is 4.91. The molecule has 2 amide bonds. The Balaban J connectivity index is 2.42. The fraction of sp³-hybridized carbons (Fsp3) is 0.667. The standard InChI is InChI=1S/C12H20N2O3/c1-9(2)7-14(3)11(17)13-8-12(10(15)16)5-4-6-12/h1,4-8H2,2-3H3,(H,13,17)(H,15,16).